The van der Waals surface area contributed by atoms with Crippen molar-refractivity contribution in [2.75, 3.05) is 6.54 Å². The predicted molar refractivity (Wildman–Crippen MR) is 109 cm³/mol. The maximum atomic E-state index is 12.4. The first kappa shape index (κ1) is 18.5. The molecule has 0 amide bonds. The Balaban J connectivity index is 1.41. The highest BCUT2D eigenvalue weighted by molar-refractivity contribution is 5.31. The number of hydrogen-bond acceptors (Lipinski definition) is 4. The van der Waals surface area contributed by atoms with Crippen LogP contribution in [0.3, 0.4) is 0 Å². The van der Waals surface area contributed by atoms with E-state index in [4.69, 9.17) is 9.15 Å². The average molecular weight is 375 g/mol. The molecule has 1 aliphatic rings. The van der Waals surface area contributed by atoms with E-state index in [0.29, 0.717) is 18.9 Å². The molecule has 0 radical (unpaired) electrons. The lowest BCUT2D eigenvalue weighted by Gasteiger charge is -2.28. The van der Waals surface area contributed by atoms with E-state index >= 15 is 0 Å². The molecule has 0 spiro atoms. The van der Waals surface area contributed by atoms with Gasteiger partial charge in [0.25, 0.3) is 0 Å². The lowest BCUT2D eigenvalue weighted by molar-refractivity contribution is 0.220. The summed E-state index contributed by atoms with van der Waals surface area (Å²) in [6.45, 7) is 6.92. The zero-order chi connectivity index (χ0) is 19.5. The number of fused-ring (bicyclic) bond motifs is 1. The molecule has 0 bridgehead atoms. The van der Waals surface area contributed by atoms with Gasteiger partial charge in [-0.1, -0.05) is 48.0 Å². The molecule has 144 valence electrons. The van der Waals surface area contributed by atoms with E-state index < -0.39 is 0 Å². The topological polar surface area (TPSA) is 42.7 Å². The van der Waals surface area contributed by atoms with Crippen LogP contribution in [0.15, 0.2) is 64.0 Å². The van der Waals surface area contributed by atoms with Gasteiger partial charge in [-0.3, -0.25) is 9.69 Å². The molecule has 0 N–H and O–H groups in total. The molecular weight excluding hydrogens is 350 g/mol. The molecule has 4 nitrogen and oxygen atoms in total. The van der Waals surface area contributed by atoms with Gasteiger partial charge in [-0.05, 0) is 42.5 Å². The Bertz CT molecular complexity index is 1040. The number of ether oxygens (including phenoxy) is 1. The Hall–Kier alpha value is -2.85. The third-order valence-electron chi connectivity index (χ3n) is 5.33. The van der Waals surface area contributed by atoms with Gasteiger partial charge >= 0.3 is 0 Å². The van der Waals surface area contributed by atoms with Crippen molar-refractivity contribution < 1.29 is 9.15 Å². The van der Waals surface area contributed by atoms with Gasteiger partial charge in [0.2, 0.25) is 11.2 Å². The summed E-state index contributed by atoms with van der Waals surface area (Å²) in [4.78, 5) is 14.8. The van der Waals surface area contributed by atoms with Gasteiger partial charge < -0.3 is 9.15 Å². The van der Waals surface area contributed by atoms with Gasteiger partial charge in [-0.25, -0.2) is 0 Å². The van der Waals surface area contributed by atoms with Gasteiger partial charge in [0.05, 0.1) is 6.54 Å². The van der Waals surface area contributed by atoms with Crippen molar-refractivity contribution >= 4 is 0 Å². The summed E-state index contributed by atoms with van der Waals surface area (Å²) in [7, 11) is 0. The summed E-state index contributed by atoms with van der Waals surface area (Å²) < 4.78 is 11.4. The van der Waals surface area contributed by atoms with E-state index in [2.05, 4.69) is 47.4 Å². The van der Waals surface area contributed by atoms with E-state index in [1.807, 2.05) is 13.8 Å². The highest BCUT2D eigenvalue weighted by Gasteiger charge is 2.17. The van der Waals surface area contributed by atoms with Crippen molar-refractivity contribution in [1.29, 1.82) is 0 Å². The lowest BCUT2D eigenvalue weighted by Crippen LogP contribution is -2.30. The fourth-order valence-corrected chi connectivity index (χ4v) is 3.65. The van der Waals surface area contributed by atoms with Crippen LogP contribution in [-0.4, -0.2) is 11.4 Å². The largest absolute Gasteiger partial charge is 0.482 e. The van der Waals surface area contributed by atoms with E-state index in [-0.39, 0.29) is 11.2 Å². The average Bonchev–Trinajstić information content (AvgIpc) is 2.70. The molecule has 0 fully saturated rings. The van der Waals surface area contributed by atoms with Crippen LogP contribution < -0.4 is 10.2 Å². The molecule has 28 heavy (non-hydrogen) atoms. The molecule has 0 aliphatic carbocycles. The second kappa shape index (κ2) is 8.03. The number of aryl methyl sites for hydroxylation is 2. The number of rotatable bonds is 5. The fourth-order valence-electron chi connectivity index (χ4n) is 3.65. The minimum atomic E-state index is -0.135. The zero-order valence-corrected chi connectivity index (χ0v) is 16.4. The van der Waals surface area contributed by atoms with Gasteiger partial charge in [0, 0.05) is 19.2 Å². The first-order valence-corrected chi connectivity index (χ1v) is 9.68. The molecule has 0 saturated carbocycles. The minimum Gasteiger partial charge on any atom is -0.482 e. The van der Waals surface area contributed by atoms with Crippen molar-refractivity contribution in [3.8, 4) is 5.75 Å². The van der Waals surface area contributed by atoms with Crippen molar-refractivity contribution in [2.24, 2.45) is 0 Å². The van der Waals surface area contributed by atoms with Crippen LogP contribution in [0.5, 0.6) is 5.75 Å². The summed E-state index contributed by atoms with van der Waals surface area (Å²) in [6, 6.07) is 16.3. The molecule has 0 unspecified atom stereocenters. The van der Waals surface area contributed by atoms with Crippen LogP contribution in [0.25, 0.3) is 0 Å². The van der Waals surface area contributed by atoms with Gasteiger partial charge in [-0.2, -0.15) is 0 Å². The lowest BCUT2D eigenvalue weighted by atomic mass is 10.00. The van der Waals surface area contributed by atoms with Crippen LogP contribution in [0.4, 0.5) is 0 Å². The second-order valence-electron chi connectivity index (χ2n) is 7.52. The monoisotopic (exact) mass is 375 g/mol. The first-order valence-electron chi connectivity index (χ1n) is 9.68. The van der Waals surface area contributed by atoms with E-state index in [0.717, 1.165) is 30.6 Å². The highest BCUT2D eigenvalue weighted by Crippen LogP contribution is 2.20. The third kappa shape index (κ3) is 4.18. The van der Waals surface area contributed by atoms with Crippen molar-refractivity contribution in [2.45, 2.75) is 40.0 Å². The summed E-state index contributed by atoms with van der Waals surface area (Å²) in [5.41, 5.74) is 6.03. The number of nitrogens with zero attached hydrogens (tertiary/aromatic N) is 1. The molecule has 0 atom stereocenters. The molecular formula is C24H25NO3. The molecule has 1 aliphatic heterocycles. The Morgan fingerprint density at radius 3 is 2.71 bits per heavy atom. The highest BCUT2D eigenvalue weighted by atomic mass is 16.5. The van der Waals surface area contributed by atoms with E-state index in [1.165, 1.54) is 23.0 Å². The maximum Gasteiger partial charge on any atom is 0.227 e. The van der Waals surface area contributed by atoms with Gasteiger partial charge in [-0.15, -0.1) is 0 Å². The maximum absolute atomic E-state index is 12.4. The number of benzene rings is 2. The van der Waals surface area contributed by atoms with Crippen LogP contribution >= 0.6 is 0 Å². The van der Waals surface area contributed by atoms with Crippen molar-refractivity contribution in [3.05, 3.63) is 98.6 Å². The van der Waals surface area contributed by atoms with Crippen LogP contribution in [0, 0.1) is 13.8 Å². The molecule has 0 saturated heterocycles. The summed E-state index contributed by atoms with van der Waals surface area (Å²) >= 11 is 0. The third-order valence-corrected chi connectivity index (χ3v) is 5.33. The van der Waals surface area contributed by atoms with Crippen molar-refractivity contribution in [1.82, 2.24) is 4.90 Å². The molecule has 4 rings (SSSR count). The predicted octanol–water partition coefficient (Wildman–Crippen LogP) is 4.39. The Labute approximate surface area is 165 Å². The Kier molecular flexibility index (Phi) is 5.31. The number of hydrogen-bond donors (Lipinski definition) is 0. The smallest absolute Gasteiger partial charge is 0.227 e. The minimum absolute atomic E-state index is 0.135. The second-order valence-corrected chi connectivity index (χ2v) is 7.52. The standard InChI is InChI=1S/C24H25NO3/c1-17-7-8-18(2)21(11-17)15-28-24-16-27-22(12-23(24)26)14-25-10-9-19-5-3-4-6-20(19)13-25/h3-8,11-12,16H,9-10,13-15H2,1-2H3. The SMILES string of the molecule is Cc1ccc(C)c(COc2coc(CN3CCc4ccccc4C3)cc2=O)c1. The molecule has 2 aromatic carbocycles. The first-order chi connectivity index (χ1) is 13.6. The summed E-state index contributed by atoms with van der Waals surface area (Å²) in [5, 5.41) is 0. The fraction of sp³-hybridized carbons (Fsp3) is 0.292. The molecule has 1 aromatic heterocycles. The van der Waals surface area contributed by atoms with Gasteiger partial charge in [0.15, 0.2) is 0 Å². The van der Waals surface area contributed by atoms with Crippen molar-refractivity contribution in [3.63, 3.8) is 0 Å². The van der Waals surface area contributed by atoms with E-state index in [1.54, 1.807) is 6.07 Å². The van der Waals surface area contributed by atoms with Gasteiger partial charge in [0.1, 0.15) is 18.6 Å². The van der Waals surface area contributed by atoms with E-state index in [9.17, 15) is 4.79 Å². The Morgan fingerprint density at radius 2 is 1.89 bits per heavy atom. The summed E-state index contributed by atoms with van der Waals surface area (Å²) in [6.07, 6.45) is 2.47. The quantitative estimate of drug-likeness (QED) is 0.663. The van der Waals surface area contributed by atoms with Crippen LogP contribution in [0.1, 0.15) is 33.6 Å². The normalized spacial score (nSPS) is 13.9. The van der Waals surface area contributed by atoms with Crippen LogP contribution in [0.2, 0.25) is 0 Å². The summed E-state index contributed by atoms with van der Waals surface area (Å²) in [5.74, 6) is 0.928. The molecule has 4 heteroatoms. The van der Waals surface area contributed by atoms with Crippen LogP contribution in [-0.2, 0) is 26.1 Å². The Morgan fingerprint density at radius 1 is 1.07 bits per heavy atom. The molecule has 3 aromatic rings. The zero-order valence-electron chi connectivity index (χ0n) is 16.4. The molecule has 2 heterocycles.